The van der Waals surface area contributed by atoms with Gasteiger partial charge in [0.2, 0.25) is 17.7 Å². The van der Waals surface area contributed by atoms with Crippen molar-refractivity contribution in [2.24, 2.45) is 49.4 Å². The summed E-state index contributed by atoms with van der Waals surface area (Å²) in [6, 6.07) is 24.1. The van der Waals surface area contributed by atoms with E-state index in [1.54, 1.807) is 103 Å². The minimum atomic E-state index is -1.27. The van der Waals surface area contributed by atoms with Crippen molar-refractivity contribution in [2.45, 2.75) is 69.6 Å². The maximum absolute atomic E-state index is 14.5. The lowest BCUT2D eigenvalue weighted by atomic mass is 10.0. The number of carbonyl (C=O) groups excluding carboxylic acids is 5. The number of nitrogens with zero attached hydrogens (tertiary/aromatic N) is 3. The van der Waals surface area contributed by atoms with Gasteiger partial charge in [-0.15, -0.1) is 0 Å². The summed E-state index contributed by atoms with van der Waals surface area (Å²) in [6.07, 6.45) is 2.24. The third-order valence-electron chi connectivity index (χ3n) is 9.16. The van der Waals surface area contributed by atoms with Gasteiger partial charge >= 0.3 is 0 Å². The van der Waals surface area contributed by atoms with Gasteiger partial charge in [0.15, 0.2) is 17.9 Å². The minimum Gasteiger partial charge on any atom is -0.370 e. The number of nitrogens with two attached hydrogens (primary N) is 6. The van der Waals surface area contributed by atoms with Gasteiger partial charge in [0.05, 0.1) is 23.1 Å². The molecule has 4 amide bonds. The number of aliphatic imine (C=N–C) groups is 3. The molecule has 0 radical (unpaired) electrons. The van der Waals surface area contributed by atoms with E-state index in [0.717, 1.165) is 6.42 Å². The van der Waals surface area contributed by atoms with Crippen LogP contribution >= 0.6 is 0 Å². The van der Waals surface area contributed by atoms with Crippen LogP contribution in [-0.4, -0.2) is 72.0 Å². The van der Waals surface area contributed by atoms with E-state index in [-0.39, 0.29) is 37.1 Å². The molecule has 0 unspecified atom stereocenters. The van der Waals surface area contributed by atoms with Crippen molar-refractivity contribution < 1.29 is 24.0 Å². The van der Waals surface area contributed by atoms with Gasteiger partial charge in [-0.05, 0) is 78.1 Å². The first-order valence-electron chi connectivity index (χ1n) is 19.5. The van der Waals surface area contributed by atoms with Gasteiger partial charge in [-0.3, -0.25) is 19.2 Å². The first-order chi connectivity index (χ1) is 29.2. The highest BCUT2D eigenvalue weighted by Gasteiger charge is 2.31. The Labute approximate surface area is 353 Å². The van der Waals surface area contributed by atoms with Gasteiger partial charge < -0.3 is 60.5 Å². The Morgan fingerprint density at radius 3 is 1.56 bits per heavy atom. The maximum atomic E-state index is 14.5. The molecule has 4 rings (SSSR count). The topological polar surface area (TPSA) is 327 Å². The molecule has 18 heteroatoms. The third-order valence-corrected chi connectivity index (χ3v) is 9.16. The lowest BCUT2D eigenvalue weighted by molar-refractivity contribution is -0.133. The molecule has 0 spiro atoms. The van der Waals surface area contributed by atoms with E-state index >= 15 is 0 Å². The van der Waals surface area contributed by atoms with Crippen LogP contribution in [0.25, 0.3) is 0 Å². The maximum Gasteiger partial charge on any atom is 0.251 e. The van der Waals surface area contributed by atoms with Crippen LogP contribution in [0, 0.1) is 0 Å². The number of hydrogen-bond donors (Lipinski definition) is 10. The molecule has 0 aliphatic carbocycles. The SMILES string of the molecule is CCCC[C@H](NC(=O)c1ccccc1)C(=O)N[C@@H](Cc1cccc(N=C(N)N)c1)C(=O)N[C@@H](Cc1ccc(N=C(N)N)cc1)C(=O)N[C@H](C=O)Cc1ccc(N=C(N)N)cc1. The van der Waals surface area contributed by atoms with E-state index in [2.05, 4.69) is 36.2 Å². The van der Waals surface area contributed by atoms with Crippen molar-refractivity contribution in [3.63, 3.8) is 0 Å². The fraction of sp³-hybridized carbons (Fsp3) is 0.256. The average Bonchev–Trinajstić information content (AvgIpc) is 3.22. The average molecular weight is 832 g/mol. The van der Waals surface area contributed by atoms with E-state index in [4.69, 9.17) is 34.4 Å². The summed E-state index contributed by atoms with van der Waals surface area (Å²) in [6.45, 7) is 1.95. The smallest absolute Gasteiger partial charge is 0.251 e. The van der Waals surface area contributed by atoms with Crippen molar-refractivity contribution in [2.75, 3.05) is 0 Å². The van der Waals surface area contributed by atoms with Gasteiger partial charge in [-0.25, -0.2) is 15.0 Å². The number of nitrogens with one attached hydrogen (secondary N) is 4. The molecule has 4 atom stereocenters. The van der Waals surface area contributed by atoms with Crippen LogP contribution in [0.2, 0.25) is 0 Å². The lowest BCUT2D eigenvalue weighted by Gasteiger charge is -2.26. The molecule has 4 aromatic carbocycles. The largest absolute Gasteiger partial charge is 0.370 e. The Morgan fingerprint density at radius 2 is 1.03 bits per heavy atom. The van der Waals surface area contributed by atoms with Gasteiger partial charge in [-0.2, -0.15) is 0 Å². The van der Waals surface area contributed by atoms with Crippen LogP contribution in [0.5, 0.6) is 0 Å². The molecule has 0 fully saturated rings. The first-order valence-corrected chi connectivity index (χ1v) is 19.5. The third kappa shape index (κ3) is 15.5. The zero-order valence-electron chi connectivity index (χ0n) is 33.8. The summed E-state index contributed by atoms with van der Waals surface area (Å²) in [5, 5.41) is 11.2. The number of aldehydes is 1. The standard InChI is InChI=1S/C43H53N13O5/c1-2-3-12-34(54-37(58)29-9-5-4-6-10-29)38(59)55-36(24-28-8-7-11-32(22-28)53-43(48)49)40(61)56-35(23-27-15-19-31(20-16-27)52-42(46)47)39(60)50-33(25-57)21-26-13-17-30(18-14-26)51-41(44)45/h4-11,13-20,22,25,33-36H,2-3,12,21,23-24H2,1H3,(H,50,60)(H,54,58)(H,55,59)(H,56,61)(H4,44,45,51)(H4,46,47,52)(H4,48,49,53)/t33-,34-,35-,36-/m0/s1. The highest BCUT2D eigenvalue weighted by atomic mass is 16.2. The molecule has 0 bridgehead atoms. The predicted molar refractivity (Wildman–Crippen MR) is 236 cm³/mol. The number of carbonyl (C=O) groups is 5. The second-order valence-corrected chi connectivity index (χ2v) is 14.1. The van der Waals surface area contributed by atoms with Crippen molar-refractivity contribution in [3.05, 3.63) is 125 Å². The van der Waals surface area contributed by atoms with Crippen LogP contribution in [-0.2, 0) is 38.4 Å². The summed E-state index contributed by atoms with van der Waals surface area (Å²) in [5.41, 5.74) is 36.9. The Bertz CT molecular complexity index is 2200. The van der Waals surface area contributed by atoms with Crippen molar-refractivity contribution in [1.82, 2.24) is 21.3 Å². The predicted octanol–water partition coefficient (Wildman–Crippen LogP) is 1.07. The summed E-state index contributed by atoms with van der Waals surface area (Å²) in [7, 11) is 0. The molecule has 18 nitrogen and oxygen atoms in total. The monoisotopic (exact) mass is 831 g/mol. The first kappa shape index (κ1) is 45.9. The fourth-order valence-electron chi connectivity index (χ4n) is 6.23. The zero-order chi connectivity index (χ0) is 44.3. The number of amides is 4. The van der Waals surface area contributed by atoms with Crippen molar-refractivity contribution >= 4 is 64.9 Å². The summed E-state index contributed by atoms with van der Waals surface area (Å²) in [5.74, 6) is -2.90. The van der Waals surface area contributed by atoms with E-state index in [1.165, 1.54) is 0 Å². The number of unbranched alkanes of at least 4 members (excludes halogenated alkanes) is 1. The van der Waals surface area contributed by atoms with Crippen molar-refractivity contribution in [3.8, 4) is 0 Å². The molecule has 0 saturated heterocycles. The Balaban J connectivity index is 1.66. The quantitative estimate of drug-likeness (QED) is 0.0322. The van der Waals surface area contributed by atoms with Gasteiger partial charge in [0.1, 0.15) is 24.4 Å². The summed E-state index contributed by atoms with van der Waals surface area (Å²) < 4.78 is 0. The Kier molecular flexibility index (Phi) is 17.3. The molecule has 16 N–H and O–H groups in total. The second-order valence-electron chi connectivity index (χ2n) is 14.1. The summed E-state index contributed by atoms with van der Waals surface area (Å²) in [4.78, 5) is 80.3. The molecule has 0 saturated carbocycles. The molecule has 0 aromatic heterocycles. The highest BCUT2D eigenvalue weighted by Crippen LogP contribution is 2.18. The Hall–Kier alpha value is -7.76. The van der Waals surface area contributed by atoms with Crippen molar-refractivity contribution in [1.29, 1.82) is 0 Å². The van der Waals surface area contributed by atoms with Crippen LogP contribution in [0.1, 0.15) is 53.2 Å². The van der Waals surface area contributed by atoms with E-state index in [9.17, 15) is 24.0 Å². The molecule has 0 aliphatic heterocycles. The Morgan fingerprint density at radius 1 is 0.541 bits per heavy atom. The number of hydrogen-bond acceptors (Lipinski definition) is 8. The second kappa shape index (κ2) is 23.0. The molecular formula is C43H53N13O5. The van der Waals surface area contributed by atoms with Crippen LogP contribution in [0.3, 0.4) is 0 Å². The number of guanidine groups is 3. The van der Waals surface area contributed by atoms with Gasteiger partial charge in [-0.1, -0.05) is 74.4 Å². The van der Waals surface area contributed by atoms with Gasteiger partial charge in [0.25, 0.3) is 5.91 Å². The highest BCUT2D eigenvalue weighted by molar-refractivity contribution is 5.99. The minimum absolute atomic E-state index is 0.0363. The number of rotatable bonds is 21. The van der Waals surface area contributed by atoms with E-state index < -0.39 is 47.8 Å². The lowest BCUT2D eigenvalue weighted by Crippen LogP contribution is -2.58. The molecule has 0 aliphatic rings. The normalized spacial score (nSPS) is 12.5. The summed E-state index contributed by atoms with van der Waals surface area (Å²) >= 11 is 0. The molecule has 320 valence electrons. The molecular weight excluding hydrogens is 779 g/mol. The van der Waals surface area contributed by atoms with Crippen LogP contribution < -0.4 is 55.7 Å². The van der Waals surface area contributed by atoms with Crippen LogP contribution in [0.4, 0.5) is 17.1 Å². The zero-order valence-corrected chi connectivity index (χ0v) is 33.8. The van der Waals surface area contributed by atoms with Crippen LogP contribution in [0.15, 0.2) is 118 Å². The molecule has 0 heterocycles. The van der Waals surface area contributed by atoms with Gasteiger partial charge in [0, 0.05) is 18.4 Å². The van der Waals surface area contributed by atoms with E-state index in [0.29, 0.717) is 58.4 Å². The fourth-order valence-corrected chi connectivity index (χ4v) is 6.23. The molecule has 4 aromatic rings. The number of benzene rings is 4. The van der Waals surface area contributed by atoms with E-state index in [1.807, 2.05) is 6.92 Å². The molecule has 61 heavy (non-hydrogen) atoms.